The second-order valence-corrected chi connectivity index (χ2v) is 4.19. The molecule has 1 saturated heterocycles. The van der Waals surface area contributed by atoms with Crippen molar-refractivity contribution in [3.8, 4) is 0 Å². The molecule has 1 aliphatic rings. The van der Waals surface area contributed by atoms with Crippen molar-refractivity contribution in [2.45, 2.75) is 18.7 Å². The summed E-state index contributed by atoms with van der Waals surface area (Å²) >= 11 is 5.51. The van der Waals surface area contributed by atoms with Crippen LogP contribution in [0.3, 0.4) is 0 Å². The predicted molar refractivity (Wildman–Crippen MR) is 58.1 cm³/mol. The van der Waals surface area contributed by atoms with Crippen LogP contribution >= 0.6 is 11.6 Å². The summed E-state index contributed by atoms with van der Waals surface area (Å²) in [6.07, 6.45) is 0.670. The van der Waals surface area contributed by atoms with E-state index < -0.39 is 17.3 Å². The molecule has 0 bridgehead atoms. The van der Waals surface area contributed by atoms with Crippen LogP contribution in [-0.4, -0.2) is 47.8 Å². The Morgan fingerprint density at radius 1 is 1.56 bits per heavy atom. The molecule has 6 nitrogen and oxygen atoms in total. The number of urea groups is 1. The average molecular weight is 248 g/mol. The minimum atomic E-state index is -0.773. The largest absolute Gasteiger partial charge is 0.354 e. The Bertz CT molecular complexity index is 306. The lowest BCUT2D eigenvalue weighted by atomic mass is 10.4. The number of nitrogens with zero attached hydrogens (tertiary/aromatic N) is 1. The topological polar surface area (TPSA) is 78.5 Å². The third kappa shape index (κ3) is 3.69. The van der Waals surface area contributed by atoms with Crippen LogP contribution in [0, 0.1) is 0 Å². The zero-order chi connectivity index (χ0) is 12.1. The first-order chi connectivity index (χ1) is 7.50. The summed E-state index contributed by atoms with van der Waals surface area (Å²) < 4.78 is 0. The summed E-state index contributed by atoms with van der Waals surface area (Å²) in [4.78, 5) is 35.2. The van der Waals surface area contributed by atoms with E-state index in [2.05, 4.69) is 10.6 Å². The average Bonchev–Trinajstić information content (AvgIpc) is 2.42. The van der Waals surface area contributed by atoms with E-state index in [0.717, 1.165) is 0 Å². The van der Waals surface area contributed by atoms with E-state index >= 15 is 0 Å². The van der Waals surface area contributed by atoms with Crippen LogP contribution in [0.4, 0.5) is 4.79 Å². The van der Waals surface area contributed by atoms with E-state index in [4.69, 9.17) is 11.6 Å². The van der Waals surface area contributed by atoms with E-state index in [0.29, 0.717) is 19.5 Å². The fourth-order valence-electron chi connectivity index (χ4n) is 1.26. The highest BCUT2D eigenvalue weighted by Crippen LogP contribution is 1.98. The second kappa shape index (κ2) is 5.69. The molecule has 90 valence electrons. The molecule has 1 heterocycles. The summed E-state index contributed by atoms with van der Waals surface area (Å²) in [5, 5.41) is 3.99. The van der Waals surface area contributed by atoms with E-state index in [1.807, 2.05) is 0 Å². The first-order valence-corrected chi connectivity index (χ1v) is 5.45. The van der Waals surface area contributed by atoms with E-state index in [1.165, 1.54) is 11.8 Å². The van der Waals surface area contributed by atoms with Crippen LogP contribution in [-0.2, 0) is 9.59 Å². The Balaban J connectivity index is 2.52. The van der Waals surface area contributed by atoms with Gasteiger partial charge in [0, 0.05) is 13.1 Å². The lowest BCUT2D eigenvalue weighted by Crippen LogP contribution is -2.47. The van der Waals surface area contributed by atoms with Crippen molar-refractivity contribution in [3.05, 3.63) is 0 Å². The van der Waals surface area contributed by atoms with Gasteiger partial charge in [0.15, 0.2) is 0 Å². The van der Waals surface area contributed by atoms with Crippen LogP contribution in [0.2, 0.25) is 0 Å². The molecule has 1 rings (SSSR count). The number of carbonyl (C=O) groups is 3. The number of hydrogen-bond acceptors (Lipinski definition) is 3. The van der Waals surface area contributed by atoms with Crippen LogP contribution in [0.5, 0.6) is 0 Å². The molecule has 0 aromatic rings. The van der Waals surface area contributed by atoms with Crippen LogP contribution in [0.15, 0.2) is 0 Å². The Kier molecular flexibility index (Phi) is 4.54. The van der Waals surface area contributed by atoms with Crippen molar-refractivity contribution in [3.63, 3.8) is 0 Å². The molecule has 1 aliphatic heterocycles. The number of imide groups is 1. The van der Waals surface area contributed by atoms with E-state index in [9.17, 15) is 14.4 Å². The maximum atomic E-state index is 11.6. The van der Waals surface area contributed by atoms with Gasteiger partial charge < -0.3 is 10.2 Å². The van der Waals surface area contributed by atoms with Gasteiger partial charge in [-0.15, -0.1) is 11.6 Å². The molecule has 0 aliphatic carbocycles. The Labute approximate surface area is 98.3 Å². The van der Waals surface area contributed by atoms with Crippen molar-refractivity contribution in [1.82, 2.24) is 15.5 Å². The molecule has 1 atom stereocenters. The van der Waals surface area contributed by atoms with E-state index in [-0.39, 0.29) is 12.5 Å². The number of alkyl halides is 1. The fourth-order valence-corrected chi connectivity index (χ4v) is 1.32. The molecule has 0 aromatic heterocycles. The van der Waals surface area contributed by atoms with Crippen molar-refractivity contribution in [2.24, 2.45) is 0 Å². The van der Waals surface area contributed by atoms with Gasteiger partial charge in [-0.3, -0.25) is 14.9 Å². The molecule has 0 aromatic carbocycles. The smallest absolute Gasteiger partial charge is 0.324 e. The van der Waals surface area contributed by atoms with E-state index in [1.54, 1.807) is 0 Å². The second-order valence-electron chi connectivity index (χ2n) is 3.54. The minimum Gasteiger partial charge on any atom is -0.354 e. The van der Waals surface area contributed by atoms with Crippen LogP contribution in [0.25, 0.3) is 0 Å². The third-order valence-corrected chi connectivity index (χ3v) is 2.34. The molecule has 0 saturated carbocycles. The fraction of sp³-hybridized carbons (Fsp3) is 0.667. The number of nitrogens with one attached hydrogen (secondary N) is 2. The summed E-state index contributed by atoms with van der Waals surface area (Å²) in [7, 11) is 0. The number of hydrogen-bond donors (Lipinski definition) is 2. The third-order valence-electron chi connectivity index (χ3n) is 2.14. The van der Waals surface area contributed by atoms with Gasteiger partial charge in [-0.1, -0.05) is 0 Å². The monoisotopic (exact) mass is 247 g/mol. The van der Waals surface area contributed by atoms with Crippen molar-refractivity contribution in [2.75, 3.05) is 19.6 Å². The molecule has 1 fully saturated rings. The van der Waals surface area contributed by atoms with Crippen molar-refractivity contribution >= 4 is 29.4 Å². The number of amides is 4. The quantitative estimate of drug-likeness (QED) is 0.623. The maximum Gasteiger partial charge on any atom is 0.324 e. The summed E-state index contributed by atoms with van der Waals surface area (Å²) in [6.45, 7) is 2.42. The zero-order valence-corrected chi connectivity index (χ0v) is 9.71. The predicted octanol–water partition coefficient (Wildman–Crippen LogP) is -0.328. The highest BCUT2D eigenvalue weighted by atomic mass is 35.5. The lowest BCUT2D eigenvalue weighted by molar-refractivity contribution is -0.122. The summed E-state index contributed by atoms with van der Waals surface area (Å²) in [6, 6.07) is -0.574. The highest BCUT2D eigenvalue weighted by molar-refractivity contribution is 6.31. The molecule has 16 heavy (non-hydrogen) atoms. The van der Waals surface area contributed by atoms with Gasteiger partial charge in [0.2, 0.25) is 11.8 Å². The molecule has 2 N–H and O–H groups in total. The maximum absolute atomic E-state index is 11.6. The van der Waals surface area contributed by atoms with Crippen molar-refractivity contribution < 1.29 is 14.4 Å². The molecule has 0 spiro atoms. The van der Waals surface area contributed by atoms with Crippen molar-refractivity contribution in [1.29, 1.82) is 0 Å². The molecule has 0 radical (unpaired) electrons. The number of carbonyl (C=O) groups excluding carboxylic acids is 3. The lowest BCUT2D eigenvalue weighted by Gasteiger charge is -2.19. The highest BCUT2D eigenvalue weighted by Gasteiger charge is 2.22. The van der Waals surface area contributed by atoms with Gasteiger partial charge in [0.05, 0.1) is 0 Å². The summed E-state index contributed by atoms with van der Waals surface area (Å²) in [5.41, 5.74) is 0. The van der Waals surface area contributed by atoms with Gasteiger partial charge in [0.1, 0.15) is 11.9 Å². The number of rotatable bonds is 1. The Hall–Kier alpha value is -1.30. The van der Waals surface area contributed by atoms with Crippen LogP contribution < -0.4 is 10.6 Å². The summed E-state index contributed by atoms with van der Waals surface area (Å²) in [5.74, 6) is -0.782. The number of halogens is 1. The van der Waals surface area contributed by atoms with Gasteiger partial charge in [-0.25, -0.2) is 4.79 Å². The standard InChI is InChI=1S/C9H14ClN3O3/c1-6(10)8(15)12-9(16)13-4-2-3-11-7(14)5-13/h6H,2-5H2,1H3,(H,11,14)(H,12,15,16). The minimum absolute atomic E-state index is 0.0320. The molecule has 4 amide bonds. The molecule has 1 unspecified atom stereocenters. The Morgan fingerprint density at radius 3 is 2.88 bits per heavy atom. The SMILES string of the molecule is CC(Cl)C(=O)NC(=O)N1CCCNC(=O)C1. The zero-order valence-electron chi connectivity index (χ0n) is 8.96. The first-order valence-electron chi connectivity index (χ1n) is 5.01. The molecular weight excluding hydrogens is 234 g/mol. The normalized spacial score (nSPS) is 18.4. The van der Waals surface area contributed by atoms with Gasteiger partial charge in [-0.05, 0) is 13.3 Å². The van der Waals surface area contributed by atoms with Gasteiger partial charge in [0.25, 0.3) is 0 Å². The van der Waals surface area contributed by atoms with Gasteiger partial charge >= 0.3 is 6.03 Å². The molecule has 7 heteroatoms. The Morgan fingerprint density at radius 2 is 2.25 bits per heavy atom. The first kappa shape index (κ1) is 12.8. The molecular formula is C9H14ClN3O3. The van der Waals surface area contributed by atoms with Crippen LogP contribution in [0.1, 0.15) is 13.3 Å². The van der Waals surface area contributed by atoms with Gasteiger partial charge in [-0.2, -0.15) is 0 Å².